The summed E-state index contributed by atoms with van der Waals surface area (Å²) in [5.74, 6) is 0.864. The minimum Gasteiger partial charge on any atom is -0.348 e. The Morgan fingerprint density at radius 1 is 1.15 bits per heavy atom. The number of thioether (sulfide) groups is 1. The van der Waals surface area contributed by atoms with E-state index in [0.717, 1.165) is 22.9 Å². The van der Waals surface area contributed by atoms with E-state index >= 15 is 0 Å². The molecule has 1 fully saturated rings. The Labute approximate surface area is 164 Å². The molecule has 3 rings (SSSR count). The summed E-state index contributed by atoms with van der Waals surface area (Å²) in [6.45, 7) is 3.91. The van der Waals surface area contributed by atoms with Crippen LogP contribution >= 0.6 is 23.4 Å². The first-order valence-electron chi connectivity index (χ1n) is 9.05. The summed E-state index contributed by atoms with van der Waals surface area (Å²) in [7, 11) is 0. The van der Waals surface area contributed by atoms with E-state index in [1.54, 1.807) is 18.0 Å². The lowest BCUT2D eigenvalue weighted by Gasteiger charge is -2.26. The van der Waals surface area contributed by atoms with Crippen LogP contribution in [0.25, 0.3) is 0 Å². The Balaban J connectivity index is 1.53. The van der Waals surface area contributed by atoms with Crippen LogP contribution < -0.4 is 5.32 Å². The van der Waals surface area contributed by atoms with Gasteiger partial charge in [0.15, 0.2) is 0 Å². The third-order valence-corrected chi connectivity index (χ3v) is 5.71. The summed E-state index contributed by atoms with van der Waals surface area (Å²) in [5.41, 5.74) is 1.66. The Bertz CT molecular complexity index is 717. The lowest BCUT2D eigenvalue weighted by Crippen LogP contribution is -2.31. The molecule has 138 valence electrons. The van der Waals surface area contributed by atoms with E-state index < -0.39 is 0 Å². The molecule has 1 N–H and O–H groups in total. The summed E-state index contributed by atoms with van der Waals surface area (Å²) in [6.07, 6.45) is 5.69. The fraction of sp³-hybridized carbons (Fsp3) is 0.400. The van der Waals surface area contributed by atoms with Crippen LogP contribution in [0.4, 0.5) is 0 Å². The van der Waals surface area contributed by atoms with Gasteiger partial charge in [0, 0.05) is 30.1 Å². The fourth-order valence-electron chi connectivity index (χ4n) is 3.01. The maximum atomic E-state index is 12.6. The quantitative estimate of drug-likeness (QED) is 0.719. The summed E-state index contributed by atoms with van der Waals surface area (Å²) in [5, 5.41) is 4.47. The van der Waals surface area contributed by atoms with Gasteiger partial charge in [-0.2, -0.15) is 0 Å². The van der Waals surface area contributed by atoms with E-state index in [4.69, 9.17) is 11.6 Å². The number of pyridine rings is 1. The second-order valence-electron chi connectivity index (χ2n) is 6.42. The number of hydrogen-bond acceptors (Lipinski definition) is 4. The zero-order valence-corrected chi connectivity index (χ0v) is 16.4. The van der Waals surface area contributed by atoms with Crippen molar-refractivity contribution >= 4 is 29.3 Å². The van der Waals surface area contributed by atoms with E-state index in [0.29, 0.717) is 17.1 Å². The second kappa shape index (κ2) is 9.95. The van der Waals surface area contributed by atoms with Crippen molar-refractivity contribution in [2.45, 2.75) is 30.8 Å². The number of nitrogens with one attached hydrogen (secondary N) is 1. The van der Waals surface area contributed by atoms with E-state index in [1.165, 1.54) is 32.4 Å². The number of nitrogens with zero attached hydrogens (tertiary/aromatic N) is 2. The van der Waals surface area contributed by atoms with E-state index in [2.05, 4.69) is 15.2 Å². The van der Waals surface area contributed by atoms with Crippen LogP contribution in [0.2, 0.25) is 5.02 Å². The van der Waals surface area contributed by atoms with Gasteiger partial charge in [-0.1, -0.05) is 30.2 Å². The normalized spacial score (nSPS) is 15.0. The highest BCUT2D eigenvalue weighted by Crippen LogP contribution is 2.21. The van der Waals surface area contributed by atoms with Crippen LogP contribution in [0.1, 0.15) is 35.2 Å². The topological polar surface area (TPSA) is 45.2 Å². The lowest BCUT2D eigenvalue weighted by atomic mass is 10.1. The van der Waals surface area contributed by atoms with Crippen molar-refractivity contribution in [3.8, 4) is 0 Å². The number of likely N-dealkylation sites (tertiary alicyclic amines) is 1. The van der Waals surface area contributed by atoms with Gasteiger partial charge < -0.3 is 10.2 Å². The molecule has 0 bridgehead atoms. The molecule has 1 saturated heterocycles. The average Bonchev–Trinajstić information content (AvgIpc) is 2.68. The molecule has 0 unspecified atom stereocenters. The fourth-order valence-corrected chi connectivity index (χ4v) is 4.13. The van der Waals surface area contributed by atoms with Crippen LogP contribution in [0, 0.1) is 0 Å². The molecular formula is C20H24ClN3OS. The number of hydrogen-bond donors (Lipinski definition) is 1. The molecule has 6 heteroatoms. The minimum absolute atomic E-state index is 0.0893. The van der Waals surface area contributed by atoms with Gasteiger partial charge in [0.05, 0.1) is 5.56 Å². The van der Waals surface area contributed by atoms with Gasteiger partial charge in [-0.25, -0.2) is 4.98 Å². The monoisotopic (exact) mass is 389 g/mol. The first-order chi connectivity index (χ1) is 12.7. The molecule has 0 aliphatic carbocycles. The first-order valence-corrected chi connectivity index (χ1v) is 10.4. The highest BCUT2D eigenvalue weighted by Gasteiger charge is 2.14. The van der Waals surface area contributed by atoms with Gasteiger partial charge in [0.2, 0.25) is 0 Å². The van der Waals surface area contributed by atoms with Crippen molar-refractivity contribution in [3.05, 3.63) is 58.7 Å². The highest BCUT2D eigenvalue weighted by atomic mass is 35.5. The molecule has 1 aromatic heterocycles. The summed E-state index contributed by atoms with van der Waals surface area (Å²) in [6, 6.07) is 11.1. The van der Waals surface area contributed by atoms with Crippen LogP contribution in [0.15, 0.2) is 47.6 Å². The van der Waals surface area contributed by atoms with Crippen LogP contribution in [-0.4, -0.2) is 41.2 Å². The van der Waals surface area contributed by atoms with Gasteiger partial charge in [-0.05, 0) is 55.8 Å². The number of aromatic nitrogens is 1. The predicted octanol–water partition coefficient (Wildman–Crippen LogP) is 4.24. The molecule has 26 heavy (non-hydrogen) atoms. The van der Waals surface area contributed by atoms with Crippen LogP contribution in [0.3, 0.4) is 0 Å². The molecule has 4 nitrogen and oxygen atoms in total. The maximum Gasteiger partial charge on any atom is 0.254 e. The number of carbonyl (C=O) groups excluding carboxylic acids is 1. The SMILES string of the molecule is O=C(NCc1ccc(Cl)cc1)c1cccnc1SCCN1CCCCC1. The van der Waals surface area contributed by atoms with Crippen LogP contribution in [-0.2, 0) is 6.54 Å². The Kier molecular flexibility index (Phi) is 7.35. The van der Waals surface area contributed by atoms with Gasteiger partial charge in [-0.15, -0.1) is 11.8 Å². The molecule has 0 saturated carbocycles. The maximum absolute atomic E-state index is 12.6. The first kappa shape index (κ1) is 19.2. The molecule has 0 spiro atoms. The minimum atomic E-state index is -0.0893. The summed E-state index contributed by atoms with van der Waals surface area (Å²) < 4.78 is 0. The highest BCUT2D eigenvalue weighted by molar-refractivity contribution is 7.99. The van der Waals surface area contributed by atoms with Crippen LogP contribution in [0.5, 0.6) is 0 Å². The Hall–Kier alpha value is -1.56. The molecule has 2 heterocycles. The summed E-state index contributed by atoms with van der Waals surface area (Å²) in [4.78, 5) is 19.5. The largest absolute Gasteiger partial charge is 0.348 e. The van der Waals surface area contributed by atoms with E-state index in [9.17, 15) is 4.79 Å². The molecule has 2 aromatic rings. The Morgan fingerprint density at radius 3 is 2.69 bits per heavy atom. The number of piperidine rings is 1. The lowest BCUT2D eigenvalue weighted by molar-refractivity contribution is 0.0947. The predicted molar refractivity (Wildman–Crippen MR) is 108 cm³/mol. The smallest absolute Gasteiger partial charge is 0.254 e. The zero-order valence-electron chi connectivity index (χ0n) is 14.8. The number of carbonyl (C=O) groups is 1. The van der Waals surface area contributed by atoms with Crippen molar-refractivity contribution in [2.24, 2.45) is 0 Å². The number of rotatable bonds is 7. The van der Waals surface area contributed by atoms with Gasteiger partial charge in [0.1, 0.15) is 5.03 Å². The molecule has 1 aromatic carbocycles. The van der Waals surface area contributed by atoms with Gasteiger partial charge in [-0.3, -0.25) is 4.79 Å². The van der Waals surface area contributed by atoms with Gasteiger partial charge >= 0.3 is 0 Å². The third-order valence-electron chi connectivity index (χ3n) is 4.48. The molecule has 0 radical (unpaired) electrons. The second-order valence-corrected chi connectivity index (χ2v) is 7.94. The van der Waals surface area contributed by atoms with Crippen molar-refractivity contribution in [1.29, 1.82) is 0 Å². The van der Waals surface area contributed by atoms with E-state index in [-0.39, 0.29) is 5.91 Å². The third kappa shape index (κ3) is 5.73. The zero-order chi connectivity index (χ0) is 18.2. The number of halogens is 1. The van der Waals surface area contributed by atoms with Crippen molar-refractivity contribution in [3.63, 3.8) is 0 Å². The van der Waals surface area contributed by atoms with E-state index in [1.807, 2.05) is 36.4 Å². The molecule has 1 amide bonds. The molecule has 1 aliphatic rings. The van der Waals surface area contributed by atoms with Crippen molar-refractivity contribution < 1.29 is 4.79 Å². The molecular weight excluding hydrogens is 366 g/mol. The molecule has 0 atom stereocenters. The van der Waals surface area contributed by atoms with Gasteiger partial charge in [0.25, 0.3) is 5.91 Å². The number of amides is 1. The average molecular weight is 390 g/mol. The number of benzene rings is 1. The Morgan fingerprint density at radius 2 is 1.92 bits per heavy atom. The van der Waals surface area contributed by atoms with Crippen molar-refractivity contribution in [1.82, 2.24) is 15.2 Å². The standard InChI is InChI=1S/C20H24ClN3OS/c21-17-8-6-16(7-9-17)15-23-19(25)18-5-4-10-22-20(18)26-14-13-24-11-2-1-3-12-24/h4-10H,1-3,11-15H2,(H,23,25). The summed E-state index contributed by atoms with van der Waals surface area (Å²) >= 11 is 7.56. The van der Waals surface area contributed by atoms with Crippen molar-refractivity contribution in [2.75, 3.05) is 25.4 Å². The molecule has 1 aliphatic heterocycles.